The summed E-state index contributed by atoms with van der Waals surface area (Å²) in [5.74, 6) is -1.94. The van der Waals surface area contributed by atoms with E-state index in [1.807, 2.05) is 0 Å². The Bertz CT molecular complexity index is 1160. The third kappa shape index (κ3) is 6.92. The smallest absolute Gasteiger partial charge is 0.416 e. The van der Waals surface area contributed by atoms with Crippen LogP contribution in [0.3, 0.4) is 0 Å². The minimum absolute atomic E-state index is 0.0495. The van der Waals surface area contributed by atoms with Crippen molar-refractivity contribution in [1.29, 1.82) is 0 Å². The molecule has 3 rings (SSSR count). The van der Waals surface area contributed by atoms with Crippen LogP contribution in [0.25, 0.3) is 0 Å². The third-order valence-corrected chi connectivity index (χ3v) is 5.00. The molecular weight excluding hydrogens is 471 g/mol. The fraction of sp³-hybridized carbons (Fsp3) is 0.160. The number of hydrogen-bond acceptors (Lipinski definition) is 4. The number of rotatable bonds is 8. The van der Waals surface area contributed by atoms with Gasteiger partial charge in [-0.3, -0.25) is 14.4 Å². The second-order valence-corrected chi connectivity index (χ2v) is 7.71. The van der Waals surface area contributed by atoms with Crippen molar-refractivity contribution in [2.75, 3.05) is 5.32 Å². The Morgan fingerprint density at radius 3 is 2.21 bits per heavy atom. The molecule has 0 aliphatic carbocycles. The number of carbonyl (C=O) groups is 3. The molecule has 1 amide bonds. The summed E-state index contributed by atoms with van der Waals surface area (Å²) < 4.78 is 43.9. The van der Waals surface area contributed by atoms with E-state index in [0.717, 1.165) is 12.1 Å². The second-order valence-electron chi connectivity index (χ2n) is 7.28. The third-order valence-electron chi connectivity index (χ3n) is 4.75. The number of Topliss-reactive ketones (excluding diaryl/α,β-unsaturated/α-hetero) is 1. The second kappa shape index (κ2) is 11.0. The van der Waals surface area contributed by atoms with E-state index < -0.39 is 35.5 Å². The number of esters is 1. The van der Waals surface area contributed by atoms with Crippen molar-refractivity contribution < 1.29 is 32.3 Å². The molecule has 0 spiro atoms. The number of amides is 1. The molecule has 0 radical (unpaired) electrons. The molecule has 1 atom stereocenters. The molecule has 0 unspecified atom stereocenters. The molecule has 0 saturated carbocycles. The Morgan fingerprint density at radius 1 is 0.882 bits per heavy atom. The molecule has 34 heavy (non-hydrogen) atoms. The van der Waals surface area contributed by atoms with E-state index in [2.05, 4.69) is 5.32 Å². The van der Waals surface area contributed by atoms with Crippen LogP contribution < -0.4 is 5.32 Å². The lowest BCUT2D eigenvalue weighted by Gasteiger charge is -2.17. The number of nitrogens with one attached hydrogen (secondary N) is 1. The van der Waals surface area contributed by atoms with Gasteiger partial charge in [0.2, 0.25) is 11.7 Å². The molecule has 0 aliphatic heterocycles. The summed E-state index contributed by atoms with van der Waals surface area (Å²) in [6, 6.07) is 18.6. The Labute approximate surface area is 198 Å². The maximum absolute atomic E-state index is 13.0. The molecule has 5 nitrogen and oxygen atoms in total. The number of hydrogen-bond donors (Lipinski definition) is 1. The van der Waals surface area contributed by atoms with Crippen molar-refractivity contribution in [2.45, 2.75) is 25.1 Å². The van der Waals surface area contributed by atoms with Gasteiger partial charge in [0.15, 0.2) is 6.10 Å². The first-order valence-corrected chi connectivity index (χ1v) is 10.5. The molecule has 0 aliphatic rings. The number of ether oxygens (including phenoxy) is 1. The SMILES string of the molecule is O=C(CCC(=O)O[C@@H](C(=O)c1ccccc1)c1ccc(Cl)cc1)Nc1cccc(C(F)(F)F)c1. The summed E-state index contributed by atoms with van der Waals surface area (Å²) in [5, 5.41) is 2.76. The molecule has 3 aromatic carbocycles. The van der Waals surface area contributed by atoms with E-state index in [9.17, 15) is 27.6 Å². The molecule has 0 aromatic heterocycles. The highest BCUT2D eigenvalue weighted by Gasteiger charge is 2.30. The Hall–Kier alpha value is -3.65. The van der Waals surface area contributed by atoms with Crippen molar-refractivity contribution >= 4 is 34.9 Å². The van der Waals surface area contributed by atoms with E-state index in [-0.39, 0.29) is 18.5 Å². The molecule has 3 aromatic rings. The van der Waals surface area contributed by atoms with Crippen molar-refractivity contribution in [3.05, 3.63) is 101 Å². The monoisotopic (exact) mass is 489 g/mol. The number of ketones is 1. The first kappa shape index (κ1) is 25.0. The molecule has 176 valence electrons. The van der Waals surface area contributed by atoms with Gasteiger partial charge in [-0.2, -0.15) is 13.2 Å². The predicted octanol–water partition coefficient (Wildman–Crippen LogP) is 6.24. The number of carbonyl (C=O) groups excluding carboxylic acids is 3. The van der Waals surface area contributed by atoms with Crippen LogP contribution in [0.5, 0.6) is 0 Å². The van der Waals surface area contributed by atoms with Crippen molar-refractivity contribution in [3.8, 4) is 0 Å². The Kier molecular flexibility index (Phi) is 8.07. The zero-order valence-corrected chi connectivity index (χ0v) is 18.4. The molecule has 0 saturated heterocycles. The Morgan fingerprint density at radius 2 is 1.56 bits per heavy atom. The fourth-order valence-corrected chi connectivity index (χ4v) is 3.19. The molecule has 9 heteroatoms. The number of anilines is 1. The van der Waals surface area contributed by atoms with E-state index in [1.165, 1.54) is 12.1 Å². The highest BCUT2D eigenvalue weighted by molar-refractivity contribution is 6.30. The average Bonchev–Trinajstić information content (AvgIpc) is 2.82. The van der Waals surface area contributed by atoms with Gasteiger partial charge in [-0.25, -0.2) is 0 Å². The van der Waals surface area contributed by atoms with Gasteiger partial charge in [0.25, 0.3) is 0 Å². The van der Waals surface area contributed by atoms with Gasteiger partial charge in [0, 0.05) is 28.3 Å². The maximum Gasteiger partial charge on any atom is 0.416 e. The number of alkyl halides is 3. The highest BCUT2D eigenvalue weighted by Crippen LogP contribution is 2.30. The largest absolute Gasteiger partial charge is 0.449 e. The summed E-state index contributed by atoms with van der Waals surface area (Å²) in [4.78, 5) is 37.6. The summed E-state index contributed by atoms with van der Waals surface area (Å²) in [5.41, 5.74) is -0.223. The lowest BCUT2D eigenvalue weighted by atomic mass is 10.00. The zero-order chi connectivity index (χ0) is 24.7. The fourth-order valence-electron chi connectivity index (χ4n) is 3.07. The summed E-state index contributed by atoms with van der Waals surface area (Å²) in [6.07, 6.45) is -6.52. The van der Waals surface area contributed by atoms with Crippen LogP contribution in [0.4, 0.5) is 18.9 Å². The van der Waals surface area contributed by atoms with E-state index >= 15 is 0 Å². The van der Waals surface area contributed by atoms with E-state index in [0.29, 0.717) is 16.1 Å². The van der Waals surface area contributed by atoms with Gasteiger partial charge >= 0.3 is 12.1 Å². The van der Waals surface area contributed by atoms with Gasteiger partial charge < -0.3 is 10.1 Å². The molecule has 0 heterocycles. The standard InChI is InChI=1S/C25H19ClF3NO4/c26-19-11-9-17(10-12-19)24(23(33)16-5-2-1-3-6-16)34-22(32)14-13-21(31)30-20-8-4-7-18(15-20)25(27,28)29/h1-12,15,24H,13-14H2,(H,30,31)/t24-/m1/s1. The van der Waals surface area contributed by atoms with Gasteiger partial charge in [0.1, 0.15) is 0 Å². The van der Waals surface area contributed by atoms with Crippen molar-refractivity contribution in [2.24, 2.45) is 0 Å². The molecule has 0 fully saturated rings. The van der Waals surface area contributed by atoms with Crippen LogP contribution in [0.2, 0.25) is 5.02 Å². The van der Waals surface area contributed by atoms with Crippen molar-refractivity contribution in [3.63, 3.8) is 0 Å². The predicted molar refractivity (Wildman–Crippen MR) is 120 cm³/mol. The van der Waals surface area contributed by atoms with Gasteiger partial charge in [-0.05, 0) is 30.3 Å². The minimum atomic E-state index is -4.55. The molecule has 0 bridgehead atoms. The highest BCUT2D eigenvalue weighted by atomic mass is 35.5. The lowest BCUT2D eigenvalue weighted by Crippen LogP contribution is -2.21. The number of halogens is 4. The number of benzene rings is 3. The quantitative estimate of drug-likeness (QED) is 0.300. The summed E-state index contributed by atoms with van der Waals surface area (Å²) in [6.45, 7) is 0. The topological polar surface area (TPSA) is 72.5 Å². The maximum atomic E-state index is 13.0. The van der Waals surface area contributed by atoms with Gasteiger partial charge in [0.05, 0.1) is 12.0 Å². The van der Waals surface area contributed by atoms with Gasteiger partial charge in [-0.15, -0.1) is 0 Å². The minimum Gasteiger partial charge on any atom is -0.449 e. The van der Waals surface area contributed by atoms with E-state index in [4.69, 9.17) is 16.3 Å². The lowest BCUT2D eigenvalue weighted by molar-refractivity contribution is -0.148. The summed E-state index contributed by atoms with van der Waals surface area (Å²) >= 11 is 5.90. The van der Waals surface area contributed by atoms with Crippen LogP contribution in [0.1, 0.15) is 40.4 Å². The van der Waals surface area contributed by atoms with Crippen LogP contribution >= 0.6 is 11.6 Å². The van der Waals surface area contributed by atoms with Crippen LogP contribution in [-0.2, 0) is 20.5 Å². The first-order valence-electron chi connectivity index (χ1n) is 10.1. The van der Waals surface area contributed by atoms with Crippen LogP contribution in [0, 0.1) is 0 Å². The van der Waals surface area contributed by atoms with E-state index in [1.54, 1.807) is 54.6 Å². The average molecular weight is 490 g/mol. The van der Waals surface area contributed by atoms with Crippen molar-refractivity contribution in [1.82, 2.24) is 0 Å². The van der Waals surface area contributed by atoms with Gasteiger partial charge in [-0.1, -0.05) is 60.1 Å². The molecular formula is C25H19ClF3NO4. The summed E-state index contributed by atoms with van der Waals surface area (Å²) in [7, 11) is 0. The van der Waals surface area contributed by atoms with Crippen LogP contribution in [0.15, 0.2) is 78.9 Å². The Balaban J connectivity index is 1.65. The van der Waals surface area contributed by atoms with Crippen LogP contribution in [-0.4, -0.2) is 17.7 Å². The normalized spacial score (nSPS) is 12.0. The zero-order valence-electron chi connectivity index (χ0n) is 17.6. The first-order chi connectivity index (χ1) is 16.1. The molecule has 1 N–H and O–H groups in total.